The quantitative estimate of drug-likeness (QED) is 0.360. The molecule has 0 unspecified atom stereocenters. The van der Waals surface area contributed by atoms with E-state index in [2.05, 4.69) is 15.9 Å². The molecule has 4 aliphatic carbocycles. The van der Waals surface area contributed by atoms with Crippen molar-refractivity contribution in [1.82, 2.24) is 9.80 Å². The average molecular weight is 496 g/mol. The van der Waals surface area contributed by atoms with Crippen molar-refractivity contribution < 1.29 is 5.11 Å². The van der Waals surface area contributed by atoms with Crippen LogP contribution in [-0.4, -0.2) is 39.1 Å². The van der Waals surface area contributed by atoms with E-state index in [4.69, 9.17) is 5.73 Å². The van der Waals surface area contributed by atoms with Crippen molar-refractivity contribution in [3.8, 4) is 5.75 Å². The van der Waals surface area contributed by atoms with Gasteiger partial charge in [0.15, 0.2) is 0 Å². The van der Waals surface area contributed by atoms with Crippen LogP contribution in [0.15, 0.2) is 12.1 Å². The highest BCUT2D eigenvalue weighted by molar-refractivity contribution is 5.54. The number of hydrogen-bond acceptors (Lipinski definition) is 4. The Morgan fingerprint density at radius 2 is 0.861 bits per heavy atom. The number of aromatic hydroxyl groups is 1. The molecule has 1 aromatic carbocycles. The van der Waals surface area contributed by atoms with Crippen molar-refractivity contribution >= 4 is 5.69 Å². The average Bonchev–Trinajstić information content (AvgIpc) is 2.94. The van der Waals surface area contributed by atoms with Crippen molar-refractivity contribution in [3.05, 3.63) is 23.3 Å². The van der Waals surface area contributed by atoms with Gasteiger partial charge in [0.25, 0.3) is 0 Å². The van der Waals surface area contributed by atoms with Gasteiger partial charge in [-0.25, -0.2) is 0 Å². The molecule has 0 aliphatic heterocycles. The summed E-state index contributed by atoms with van der Waals surface area (Å²) >= 11 is 0. The van der Waals surface area contributed by atoms with E-state index in [1.807, 2.05) is 6.07 Å². The first kappa shape index (κ1) is 26.4. The topological polar surface area (TPSA) is 52.7 Å². The molecule has 0 bridgehead atoms. The molecule has 1 aromatic rings. The lowest BCUT2D eigenvalue weighted by atomic mass is 9.87. The molecule has 0 saturated heterocycles. The molecule has 0 radical (unpaired) electrons. The van der Waals surface area contributed by atoms with Gasteiger partial charge in [-0.05, 0) is 63.0 Å². The second-order valence-electron chi connectivity index (χ2n) is 12.7. The van der Waals surface area contributed by atoms with E-state index in [1.165, 1.54) is 134 Å². The molecule has 4 heteroatoms. The van der Waals surface area contributed by atoms with Gasteiger partial charge in [0.05, 0.1) is 0 Å². The molecule has 0 heterocycles. The van der Waals surface area contributed by atoms with Crippen LogP contribution >= 0.6 is 0 Å². The molecule has 36 heavy (non-hydrogen) atoms. The Bertz CT molecular complexity index is 703. The minimum Gasteiger partial charge on any atom is -0.508 e. The molecule has 3 N–H and O–H groups in total. The molecule has 0 spiro atoms. The van der Waals surface area contributed by atoms with Crippen molar-refractivity contribution in [2.24, 2.45) is 0 Å². The largest absolute Gasteiger partial charge is 0.508 e. The lowest BCUT2D eigenvalue weighted by molar-refractivity contribution is 0.0708. The number of phenols is 1. The fraction of sp³-hybridized carbons (Fsp3) is 0.812. The molecular weight excluding hydrogens is 442 g/mol. The number of nitrogens with two attached hydrogens (primary N) is 1. The van der Waals surface area contributed by atoms with Crippen LogP contribution in [0.25, 0.3) is 0 Å². The van der Waals surface area contributed by atoms with Gasteiger partial charge in [0.1, 0.15) is 5.75 Å². The molecular formula is C32H53N3O. The summed E-state index contributed by atoms with van der Waals surface area (Å²) in [5.41, 5.74) is 9.77. The number of phenolic OH excluding ortho intramolecular Hbond substituents is 1. The van der Waals surface area contributed by atoms with E-state index in [0.29, 0.717) is 29.9 Å². The maximum Gasteiger partial charge on any atom is 0.122 e. The summed E-state index contributed by atoms with van der Waals surface area (Å²) < 4.78 is 0. The van der Waals surface area contributed by atoms with Gasteiger partial charge in [-0.2, -0.15) is 0 Å². The van der Waals surface area contributed by atoms with Gasteiger partial charge in [-0.15, -0.1) is 0 Å². The maximum atomic E-state index is 11.1. The smallest absolute Gasteiger partial charge is 0.122 e. The van der Waals surface area contributed by atoms with Gasteiger partial charge >= 0.3 is 0 Å². The molecule has 4 aliphatic rings. The number of anilines is 1. The first-order valence-corrected chi connectivity index (χ1v) is 15.8. The van der Waals surface area contributed by atoms with E-state index < -0.39 is 0 Å². The maximum absolute atomic E-state index is 11.1. The van der Waals surface area contributed by atoms with E-state index in [1.54, 1.807) is 0 Å². The summed E-state index contributed by atoms with van der Waals surface area (Å²) in [6.45, 7) is 1.85. The lowest BCUT2D eigenvalue weighted by Crippen LogP contribution is -2.45. The summed E-state index contributed by atoms with van der Waals surface area (Å²) in [5.74, 6) is 0.412. The lowest BCUT2D eigenvalue weighted by Gasteiger charge is -2.42. The normalized spacial score (nSPS) is 24.1. The number of rotatable bonds is 8. The van der Waals surface area contributed by atoms with Crippen molar-refractivity contribution in [2.45, 2.75) is 166 Å². The van der Waals surface area contributed by atoms with Crippen LogP contribution in [-0.2, 0) is 13.1 Å². The highest BCUT2D eigenvalue weighted by Crippen LogP contribution is 2.36. The molecule has 0 aromatic heterocycles. The van der Waals surface area contributed by atoms with Crippen LogP contribution in [0.5, 0.6) is 5.75 Å². The minimum atomic E-state index is 0.412. The van der Waals surface area contributed by atoms with E-state index in [-0.39, 0.29) is 0 Å². The van der Waals surface area contributed by atoms with Crippen LogP contribution in [0.2, 0.25) is 0 Å². The number of nitrogens with zero attached hydrogens (tertiary/aromatic N) is 2. The van der Waals surface area contributed by atoms with Gasteiger partial charge < -0.3 is 10.8 Å². The van der Waals surface area contributed by atoms with Gasteiger partial charge in [0.2, 0.25) is 0 Å². The van der Waals surface area contributed by atoms with E-state index in [9.17, 15) is 5.11 Å². The van der Waals surface area contributed by atoms with Gasteiger partial charge in [-0.3, -0.25) is 9.80 Å². The Balaban J connectivity index is 1.37. The molecule has 0 amide bonds. The zero-order valence-electron chi connectivity index (χ0n) is 22.9. The van der Waals surface area contributed by atoms with E-state index in [0.717, 1.165) is 24.3 Å². The number of nitrogen functional groups attached to an aromatic ring is 1. The predicted octanol–water partition coefficient (Wildman–Crippen LogP) is 7.91. The first-order valence-electron chi connectivity index (χ1n) is 15.8. The van der Waals surface area contributed by atoms with Crippen molar-refractivity contribution in [3.63, 3.8) is 0 Å². The second kappa shape index (κ2) is 13.0. The Labute approximate surface area is 221 Å². The van der Waals surface area contributed by atoms with E-state index >= 15 is 0 Å². The Hall–Kier alpha value is -1.26. The fourth-order valence-electron chi connectivity index (χ4n) is 8.12. The summed E-state index contributed by atoms with van der Waals surface area (Å²) in [5, 5.41) is 11.1. The van der Waals surface area contributed by atoms with Crippen LogP contribution in [0.3, 0.4) is 0 Å². The third-order valence-corrected chi connectivity index (χ3v) is 10.2. The van der Waals surface area contributed by atoms with Crippen LogP contribution in [0.4, 0.5) is 5.69 Å². The monoisotopic (exact) mass is 495 g/mol. The molecule has 4 saturated carbocycles. The van der Waals surface area contributed by atoms with Crippen LogP contribution in [0, 0.1) is 0 Å². The highest BCUT2D eigenvalue weighted by atomic mass is 16.3. The molecule has 5 rings (SSSR count). The van der Waals surface area contributed by atoms with Gasteiger partial charge in [-0.1, -0.05) is 77.0 Å². The van der Waals surface area contributed by atoms with Crippen LogP contribution < -0.4 is 5.73 Å². The highest BCUT2D eigenvalue weighted by Gasteiger charge is 2.31. The summed E-state index contributed by atoms with van der Waals surface area (Å²) in [7, 11) is 0. The van der Waals surface area contributed by atoms with Crippen LogP contribution in [0.1, 0.15) is 140 Å². The van der Waals surface area contributed by atoms with Crippen molar-refractivity contribution in [1.29, 1.82) is 0 Å². The Morgan fingerprint density at radius 3 is 1.22 bits per heavy atom. The number of benzene rings is 1. The fourth-order valence-corrected chi connectivity index (χ4v) is 8.12. The van der Waals surface area contributed by atoms with Crippen molar-refractivity contribution in [2.75, 3.05) is 5.73 Å². The SMILES string of the molecule is Nc1cc(O)c(CN(C2CCCCC2)C2CCCCC2)cc1CN(C1CCCCC1)C1CCCCC1. The zero-order chi connectivity index (χ0) is 24.7. The van der Waals surface area contributed by atoms with Gasteiger partial charge in [0, 0.05) is 54.6 Å². The Kier molecular flexibility index (Phi) is 9.52. The first-order chi connectivity index (χ1) is 17.7. The molecule has 4 fully saturated rings. The number of hydrogen-bond donors (Lipinski definition) is 2. The summed E-state index contributed by atoms with van der Waals surface area (Å²) in [4.78, 5) is 5.66. The summed E-state index contributed by atoms with van der Waals surface area (Å²) in [6.07, 6.45) is 27.3. The zero-order valence-corrected chi connectivity index (χ0v) is 22.9. The minimum absolute atomic E-state index is 0.412. The second-order valence-corrected chi connectivity index (χ2v) is 12.7. The standard InChI is InChI=1S/C32H53N3O/c33-31-22-32(36)26(24-35(29-17-9-3-10-18-29)30-19-11-4-12-20-30)21-25(31)23-34(27-13-5-1-6-14-27)28-15-7-2-8-16-28/h21-22,27-30,36H,1-20,23-24,33H2. The third kappa shape index (κ3) is 6.59. The summed E-state index contributed by atoms with van der Waals surface area (Å²) in [6, 6.07) is 6.97. The third-order valence-electron chi connectivity index (χ3n) is 10.2. The predicted molar refractivity (Wildman–Crippen MR) is 151 cm³/mol. The Morgan fingerprint density at radius 1 is 0.528 bits per heavy atom. The molecule has 0 atom stereocenters. The molecule has 202 valence electrons. The molecule has 4 nitrogen and oxygen atoms in total.